The fraction of sp³-hybridized carbons (Fsp3) is 0.958. The molecule has 0 aliphatic rings. The Morgan fingerprint density at radius 2 is 0.447 bits per heavy atom. The van der Waals surface area contributed by atoms with Gasteiger partial charge in [-0.3, -0.25) is 37.3 Å². The molecular weight excluding hydrogens is 1470 g/mol. The van der Waals surface area contributed by atoms with Gasteiger partial charge >= 0.3 is 39.5 Å². The molecule has 0 radical (unpaired) electrons. The van der Waals surface area contributed by atoms with Crippen LogP contribution in [0.3, 0.4) is 0 Å². The SMILES string of the molecule is CCCCCCCCCCCCCCCCCCCCCCC(=O)O[C@H](COC(=O)CCCCCCCCCCCCC)COP(=O)(O)OC[C@H](O)COP(=O)(O)OC[C@@H](COC(=O)CCCCCCCCCCCCCCCCCCCCC(C)C)OC(=O)CCCCCCCCCCCCCCCCCCCCC(C)CC. The summed E-state index contributed by atoms with van der Waals surface area (Å²) in [4.78, 5) is 73.5. The van der Waals surface area contributed by atoms with Crippen molar-refractivity contribution >= 4 is 39.5 Å². The Kier molecular flexibility index (Phi) is 84.6. The van der Waals surface area contributed by atoms with E-state index in [0.717, 1.165) is 102 Å². The van der Waals surface area contributed by atoms with Crippen molar-refractivity contribution in [2.75, 3.05) is 39.6 Å². The zero-order valence-electron chi connectivity index (χ0n) is 75.4. The zero-order valence-corrected chi connectivity index (χ0v) is 77.2. The van der Waals surface area contributed by atoms with Gasteiger partial charge in [0.1, 0.15) is 19.3 Å². The molecule has 3 N–H and O–H groups in total. The summed E-state index contributed by atoms with van der Waals surface area (Å²) < 4.78 is 69.2. The molecule has 0 amide bonds. The second-order valence-corrected chi connectivity index (χ2v) is 37.7. The molecule has 0 saturated carbocycles. The third-order valence-corrected chi connectivity index (χ3v) is 24.7. The quantitative estimate of drug-likeness (QED) is 0.0222. The van der Waals surface area contributed by atoms with E-state index in [9.17, 15) is 43.2 Å². The molecule has 0 rings (SSSR count). The molecule has 6 atom stereocenters. The number of phosphoric acid groups is 2. The van der Waals surface area contributed by atoms with Crippen molar-refractivity contribution in [1.29, 1.82) is 0 Å². The van der Waals surface area contributed by atoms with Crippen LogP contribution in [0.15, 0.2) is 0 Å². The first-order valence-corrected chi connectivity index (χ1v) is 52.0. The Balaban J connectivity index is 5.22. The normalized spacial score (nSPS) is 13.9. The predicted octanol–water partition coefficient (Wildman–Crippen LogP) is 29.7. The number of rotatable bonds is 94. The third-order valence-electron chi connectivity index (χ3n) is 22.8. The lowest BCUT2D eigenvalue weighted by Crippen LogP contribution is -2.30. The lowest BCUT2D eigenvalue weighted by molar-refractivity contribution is -0.161. The van der Waals surface area contributed by atoms with Gasteiger partial charge < -0.3 is 33.8 Å². The molecule has 0 aromatic carbocycles. The summed E-state index contributed by atoms with van der Waals surface area (Å²) in [7, 11) is -9.94. The van der Waals surface area contributed by atoms with Crippen LogP contribution in [0, 0.1) is 11.8 Å². The topological polar surface area (TPSA) is 237 Å². The summed E-state index contributed by atoms with van der Waals surface area (Å²) in [6.07, 6.45) is 82.0. The minimum atomic E-state index is -4.97. The minimum Gasteiger partial charge on any atom is -0.462 e. The molecule has 0 bridgehead atoms. The Bertz CT molecular complexity index is 2170. The van der Waals surface area contributed by atoms with Crippen molar-refractivity contribution in [1.82, 2.24) is 0 Å². The average Bonchev–Trinajstić information content (AvgIpc) is 0.898. The molecule has 0 heterocycles. The van der Waals surface area contributed by atoms with E-state index in [0.29, 0.717) is 25.7 Å². The molecule has 0 spiro atoms. The van der Waals surface area contributed by atoms with Crippen LogP contribution in [-0.2, 0) is 65.4 Å². The molecule has 0 aromatic heterocycles. The maximum atomic E-state index is 13.2. The number of carbonyl (C=O) groups is 4. The van der Waals surface area contributed by atoms with E-state index in [-0.39, 0.29) is 25.7 Å². The third kappa shape index (κ3) is 86.4. The van der Waals surface area contributed by atoms with E-state index in [2.05, 4.69) is 41.5 Å². The first-order chi connectivity index (χ1) is 55.4. The number of aliphatic hydroxyl groups excluding tert-OH is 1. The van der Waals surface area contributed by atoms with Crippen molar-refractivity contribution in [2.24, 2.45) is 11.8 Å². The minimum absolute atomic E-state index is 0.109. The Morgan fingerprint density at radius 3 is 0.667 bits per heavy atom. The number of hydrogen-bond acceptors (Lipinski definition) is 15. The van der Waals surface area contributed by atoms with Gasteiger partial charge in [0.05, 0.1) is 26.4 Å². The van der Waals surface area contributed by atoms with Gasteiger partial charge in [0.15, 0.2) is 12.2 Å². The van der Waals surface area contributed by atoms with Crippen molar-refractivity contribution in [3.8, 4) is 0 Å². The van der Waals surface area contributed by atoms with Gasteiger partial charge in [0.25, 0.3) is 0 Å². The first kappa shape index (κ1) is 112. The van der Waals surface area contributed by atoms with E-state index in [1.165, 1.54) is 334 Å². The smallest absolute Gasteiger partial charge is 0.462 e. The molecule has 678 valence electrons. The fourth-order valence-corrected chi connectivity index (χ4v) is 16.6. The standard InChI is InChI=1S/C95H186O17P2/c1-7-10-12-14-16-18-20-21-22-23-24-25-33-38-43-49-55-61-67-73-79-94(99)111-90(83-105-92(97)77-71-65-59-53-45-19-17-15-13-11-8-2)85-109-113(101,102)107-81-89(96)82-108-114(103,104)110-86-91(84-106-93(98)78-72-66-60-54-48-42-37-32-28-26-30-35-40-46-51-57-63-69-75-87(4)5)112-95(100)80-74-68-62-56-50-44-39-34-29-27-31-36-41-47-52-58-64-70-76-88(6)9-3/h87-91,96H,7-86H2,1-6H3,(H,101,102)(H,103,104)/t88?,89-,90+,91+/m0/s1. The highest BCUT2D eigenvalue weighted by Crippen LogP contribution is 2.45. The van der Waals surface area contributed by atoms with E-state index in [1.54, 1.807) is 0 Å². The number of ether oxygens (including phenoxy) is 4. The second-order valence-electron chi connectivity index (χ2n) is 34.8. The monoisotopic (exact) mass is 1660 g/mol. The van der Waals surface area contributed by atoms with Gasteiger partial charge in [0.2, 0.25) is 0 Å². The van der Waals surface area contributed by atoms with Crippen LogP contribution in [0.5, 0.6) is 0 Å². The predicted molar refractivity (Wildman–Crippen MR) is 474 cm³/mol. The Hall–Kier alpha value is -1.94. The number of unbranched alkanes of at least 4 members (excludes halogenated alkanes) is 63. The van der Waals surface area contributed by atoms with Crippen LogP contribution >= 0.6 is 15.6 Å². The van der Waals surface area contributed by atoms with Crippen molar-refractivity contribution < 1.29 is 80.2 Å². The maximum Gasteiger partial charge on any atom is 0.472 e. The average molecular weight is 1660 g/mol. The van der Waals surface area contributed by atoms with Crippen LogP contribution < -0.4 is 0 Å². The molecule has 114 heavy (non-hydrogen) atoms. The van der Waals surface area contributed by atoms with Crippen LogP contribution in [-0.4, -0.2) is 96.7 Å². The highest BCUT2D eigenvalue weighted by Gasteiger charge is 2.31. The summed E-state index contributed by atoms with van der Waals surface area (Å²) in [5, 5.41) is 10.7. The number of phosphoric ester groups is 2. The molecule has 0 aromatic rings. The lowest BCUT2D eigenvalue weighted by Gasteiger charge is -2.21. The van der Waals surface area contributed by atoms with Crippen LogP contribution in [0.2, 0.25) is 0 Å². The Labute approximate surface area is 702 Å². The first-order valence-electron chi connectivity index (χ1n) is 49.0. The van der Waals surface area contributed by atoms with Crippen LogP contribution in [0.1, 0.15) is 517 Å². The number of aliphatic hydroxyl groups is 1. The van der Waals surface area contributed by atoms with Gasteiger partial charge in [-0.25, -0.2) is 9.13 Å². The summed E-state index contributed by atoms with van der Waals surface area (Å²) >= 11 is 0. The molecular formula is C95H186O17P2. The second kappa shape index (κ2) is 86.0. The van der Waals surface area contributed by atoms with E-state index in [4.69, 9.17) is 37.0 Å². The molecule has 0 aliphatic heterocycles. The highest BCUT2D eigenvalue weighted by molar-refractivity contribution is 7.47. The molecule has 0 saturated heterocycles. The van der Waals surface area contributed by atoms with Crippen molar-refractivity contribution in [3.05, 3.63) is 0 Å². The van der Waals surface area contributed by atoms with Gasteiger partial charge in [0, 0.05) is 25.7 Å². The number of carbonyl (C=O) groups excluding carboxylic acids is 4. The molecule has 0 aliphatic carbocycles. The van der Waals surface area contributed by atoms with E-state index in [1.807, 2.05) is 0 Å². The number of esters is 4. The highest BCUT2D eigenvalue weighted by atomic mass is 31.2. The van der Waals surface area contributed by atoms with E-state index >= 15 is 0 Å². The maximum absolute atomic E-state index is 13.2. The molecule has 19 heteroatoms. The summed E-state index contributed by atoms with van der Waals surface area (Å²) in [5.74, 6) is -0.396. The van der Waals surface area contributed by atoms with E-state index < -0.39 is 97.5 Å². The summed E-state index contributed by atoms with van der Waals surface area (Å²) in [5.41, 5.74) is 0. The van der Waals surface area contributed by atoms with Crippen LogP contribution in [0.25, 0.3) is 0 Å². The van der Waals surface area contributed by atoms with Crippen molar-refractivity contribution in [3.63, 3.8) is 0 Å². The summed E-state index contributed by atoms with van der Waals surface area (Å²) in [6, 6.07) is 0. The van der Waals surface area contributed by atoms with Gasteiger partial charge in [-0.1, -0.05) is 465 Å². The van der Waals surface area contributed by atoms with Crippen LogP contribution in [0.4, 0.5) is 0 Å². The largest absolute Gasteiger partial charge is 0.472 e. The van der Waals surface area contributed by atoms with Crippen molar-refractivity contribution in [2.45, 2.75) is 535 Å². The Morgan fingerprint density at radius 1 is 0.254 bits per heavy atom. The van der Waals surface area contributed by atoms with Gasteiger partial charge in [-0.15, -0.1) is 0 Å². The van der Waals surface area contributed by atoms with Gasteiger partial charge in [-0.2, -0.15) is 0 Å². The lowest BCUT2D eigenvalue weighted by atomic mass is 9.99. The van der Waals surface area contributed by atoms with Gasteiger partial charge in [-0.05, 0) is 37.5 Å². The molecule has 0 fully saturated rings. The fourth-order valence-electron chi connectivity index (χ4n) is 15.0. The summed E-state index contributed by atoms with van der Waals surface area (Å²) in [6.45, 7) is 9.83. The zero-order chi connectivity index (χ0) is 83.4. The molecule has 3 unspecified atom stereocenters. The number of hydrogen-bond donors (Lipinski definition) is 3. The molecule has 17 nitrogen and oxygen atoms in total.